The number of nitrogens with one attached hydrogen (secondary N) is 1. The first-order valence-electron chi connectivity index (χ1n) is 5.98. The highest BCUT2D eigenvalue weighted by atomic mass is 16.2. The summed E-state index contributed by atoms with van der Waals surface area (Å²) in [7, 11) is 1.74. The second-order valence-corrected chi connectivity index (χ2v) is 4.74. The zero-order valence-electron chi connectivity index (χ0n) is 10.9. The maximum Gasteiger partial charge on any atom is 0.248 e. The Morgan fingerprint density at radius 2 is 1.62 bits per heavy atom. The summed E-state index contributed by atoms with van der Waals surface area (Å²) < 4.78 is 0. The highest BCUT2D eigenvalue weighted by Gasteiger charge is 2.52. The Labute approximate surface area is 97.4 Å². The van der Waals surface area contributed by atoms with Crippen molar-refractivity contribution in [2.24, 2.45) is 0 Å². The van der Waals surface area contributed by atoms with Crippen LogP contribution < -0.4 is 5.32 Å². The standard InChI is InChI=1S/C12H22N2O2/c1-6-11(4)10(16)14(5)12(7-2,8-3)9(15)13-11/h6-8H2,1-5H3,(H,13,15). The van der Waals surface area contributed by atoms with Gasteiger partial charge in [0.15, 0.2) is 0 Å². The largest absolute Gasteiger partial charge is 0.340 e. The van der Waals surface area contributed by atoms with Crippen molar-refractivity contribution in [3.63, 3.8) is 0 Å². The summed E-state index contributed by atoms with van der Waals surface area (Å²) in [6.07, 6.45) is 1.92. The fourth-order valence-corrected chi connectivity index (χ4v) is 2.42. The number of nitrogens with zero attached hydrogens (tertiary/aromatic N) is 1. The second-order valence-electron chi connectivity index (χ2n) is 4.74. The van der Waals surface area contributed by atoms with E-state index < -0.39 is 11.1 Å². The van der Waals surface area contributed by atoms with Gasteiger partial charge in [0.05, 0.1) is 0 Å². The first-order valence-corrected chi connectivity index (χ1v) is 5.98. The lowest BCUT2D eigenvalue weighted by atomic mass is 9.82. The number of carbonyl (C=O) groups is 2. The highest BCUT2D eigenvalue weighted by molar-refractivity contribution is 6.01. The molecule has 1 aliphatic rings. The van der Waals surface area contributed by atoms with Gasteiger partial charge < -0.3 is 10.2 Å². The summed E-state index contributed by atoms with van der Waals surface area (Å²) in [6, 6.07) is 0. The monoisotopic (exact) mass is 226 g/mol. The van der Waals surface area contributed by atoms with Crippen LogP contribution >= 0.6 is 0 Å². The third-order valence-electron chi connectivity index (χ3n) is 4.11. The summed E-state index contributed by atoms with van der Waals surface area (Å²) in [6.45, 7) is 7.60. The average molecular weight is 226 g/mol. The number of carbonyl (C=O) groups excluding carboxylic acids is 2. The van der Waals surface area contributed by atoms with Gasteiger partial charge in [-0.3, -0.25) is 9.59 Å². The predicted octanol–water partition coefficient (Wildman–Crippen LogP) is 1.30. The quantitative estimate of drug-likeness (QED) is 0.788. The molecule has 4 nitrogen and oxygen atoms in total. The van der Waals surface area contributed by atoms with E-state index in [-0.39, 0.29) is 11.8 Å². The minimum absolute atomic E-state index is 0.0123. The van der Waals surface area contributed by atoms with Crippen LogP contribution in [0.4, 0.5) is 0 Å². The van der Waals surface area contributed by atoms with E-state index in [0.717, 1.165) is 0 Å². The number of hydrogen-bond acceptors (Lipinski definition) is 2. The number of likely N-dealkylation sites (N-methyl/N-ethyl adjacent to an activating group) is 1. The van der Waals surface area contributed by atoms with Crippen molar-refractivity contribution in [3.8, 4) is 0 Å². The van der Waals surface area contributed by atoms with E-state index >= 15 is 0 Å². The smallest absolute Gasteiger partial charge is 0.248 e. The van der Waals surface area contributed by atoms with Crippen LogP contribution in [0.3, 0.4) is 0 Å². The molecule has 0 saturated carbocycles. The molecule has 0 spiro atoms. The Balaban J connectivity index is 3.15. The fraction of sp³-hybridized carbons (Fsp3) is 0.833. The first kappa shape index (κ1) is 13.0. The topological polar surface area (TPSA) is 49.4 Å². The van der Waals surface area contributed by atoms with Crippen LogP contribution in [0.25, 0.3) is 0 Å². The first-order chi connectivity index (χ1) is 7.38. The number of amides is 2. The Kier molecular flexibility index (Phi) is 3.31. The van der Waals surface area contributed by atoms with Crippen LogP contribution in [0.1, 0.15) is 47.0 Å². The van der Waals surface area contributed by atoms with Crippen molar-refractivity contribution in [2.75, 3.05) is 7.05 Å². The zero-order chi connectivity index (χ0) is 12.6. The van der Waals surface area contributed by atoms with Crippen LogP contribution in [0.5, 0.6) is 0 Å². The Morgan fingerprint density at radius 1 is 1.12 bits per heavy atom. The molecule has 1 fully saturated rings. The van der Waals surface area contributed by atoms with E-state index in [4.69, 9.17) is 0 Å². The van der Waals surface area contributed by atoms with Gasteiger partial charge in [-0.05, 0) is 26.2 Å². The molecule has 0 aliphatic carbocycles. The maximum atomic E-state index is 12.3. The molecule has 4 heteroatoms. The highest BCUT2D eigenvalue weighted by Crippen LogP contribution is 2.31. The third-order valence-corrected chi connectivity index (χ3v) is 4.11. The molecule has 1 N–H and O–H groups in total. The Bertz CT molecular complexity index is 310. The van der Waals surface area contributed by atoms with Gasteiger partial charge in [-0.15, -0.1) is 0 Å². The van der Waals surface area contributed by atoms with Gasteiger partial charge in [0.2, 0.25) is 11.8 Å². The predicted molar refractivity (Wildman–Crippen MR) is 62.9 cm³/mol. The number of piperazine rings is 1. The maximum absolute atomic E-state index is 12.3. The van der Waals surface area contributed by atoms with E-state index in [1.54, 1.807) is 18.9 Å². The van der Waals surface area contributed by atoms with E-state index in [9.17, 15) is 9.59 Å². The molecule has 1 rings (SSSR count). The van der Waals surface area contributed by atoms with Gasteiger partial charge in [-0.1, -0.05) is 20.8 Å². The molecule has 16 heavy (non-hydrogen) atoms. The molecule has 92 valence electrons. The molecule has 1 unspecified atom stereocenters. The van der Waals surface area contributed by atoms with Gasteiger partial charge in [-0.25, -0.2) is 0 Å². The number of hydrogen-bond donors (Lipinski definition) is 1. The molecular weight excluding hydrogens is 204 g/mol. The fourth-order valence-electron chi connectivity index (χ4n) is 2.42. The van der Waals surface area contributed by atoms with Gasteiger partial charge in [0.25, 0.3) is 0 Å². The molecule has 0 bridgehead atoms. The molecule has 0 aromatic carbocycles. The molecule has 2 amide bonds. The van der Waals surface area contributed by atoms with Crippen LogP contribution in [0.15, 0.2) is 0 Å². The van der Waals surface area contributed by atoms with Crippen LogP contribution in [0.2, 0.25) is 0 Å². The summed E-state index contributed by atoms with van der Waals surface area (Å²) in [5, 5.41) is 2.89. The van der Waals surface area contributed by atoms with E-state index in [1.165, 1.54) is 0 Å². The summed E-state index contributed by atoms with van der Waals surface area (Å²) in [5.74, 6) is -0.0118. The summed E-state index contributed by atoms with van der Waals surface area (Å²) >= 11 is 0. The molecule has 1 atom stereocenters. The molecular formula is C12H22N2O2. The Hall–Kier alpha value is -1.06. The van der Waals surface area contributed by atoms with Gasteiger partial charge in [0.1, 0.15) is 11.1 Å². The van der Waals surface area contributed by atoms with Gasteiger partial charge in [0, 0.05) is 7.05 Å². The lowest BCUT2D eigenvalue weighted by molar-refractivity contribution is -0.161. The minimum atomic E-state index is -0.736. The average Bonchev–Trinajstić information content (AvgIpc) is 2.28. The van der Waals surface area contributed by atoms with Gasteiger partial charge in [-0.2, -0.15) is 0 Å². The van der Waals surface area contributed by atoms with Crippen molar-refractivity contribution in [1.82, 2.24) is 10.2 Å². The molecule has 0 aromatic heterocycles. The van der Waals surface area contributed by atoms with Crippen LogP contribution in [-0.2, 0) is 9.59 Å². The number of rotatable bonds is 3. The molecule has 0 aromatic rings. The molecule has 0 radical (unpaired) electrons. The van der Waals surface area contributed by atoms with E-state index in [2.05, 4.69) is 5.32 Å². The van der Waals surface area contributed by atoms with Crippen LogP contribution in [0, 0.1) is 0 Å². The SMILES string of the molecule is CCC1(C)NC(=O)C(CC)(CC)N(C)C1=O. The third kappa shape index (κ3) is 1.51. The summed E-state index contributed by atoms with van der Waals surface area (Å²) in [5.41, 5.74) is -1.40. The van der Waals surface area contributed by atoms with Gasteiger partial charge >= 0.3 is 0 Å². The molecule has 1 aliphatic heterocycles. The zero-order valence-corrected chi connectivity index (χ0v) is 10.9. The van der Waals surface area contributed by atoms with E-state index in [1.807, 2.05) is 20.8 Å². The van der Waals surface area contributed by atoms with Crippen molar-refractivity contribution >= 4 is 11.8 Å². The molecule has 1 heterocycles. The Morgan fingerprint density at radius 3 is 2.00 bits per heavy atom. The lowest BCUT2D eigenvalue weighted by Crippen LogP contribution is -2.73. The van der Waals surface area contributed by atoms with Crippen molar-refractivity contribution in [3.05, 3.63) is 0 Å². The summed E-state index contributed by atoms with van der Waals surface area (Å²) in [4.78, 5) is 26.1. The van der Waals surface area contributed by atoms with Crippen molar-refractivity contribution < 1.29 is 9.59 Å². The minimum Gasteiger partial charge on any atom is -0.340 e. The van der Waals surface area contributed by atoms with Crippen molar-refractivity contribution in [1.29, 1.82) is 0 Å². The normalized spacial score (nSPS) is 29.2. The van der Waals surface area contributed by atoms with Crippen molar-refractivity contribution in [2.45, 2.75) is 58.0 Å². The lowest BCUT2D eigenvalue weighted by Gasteiger charge is -2.49. The van der Waals surface area contributed by atoms with E-state index in [0.29, 0.717) is 19.3 Å². The second kappa shape index (κ2) is 4.07. The molecule has 1 saturated heterocycles. The van der Waals surface area contributed by atoms with Crippen LogP contribution in [-0.4, -0.2) is 34.8 Å².